The summed E-state index contributed by atoms with van der Waals surface area (Å²) in [6.45, 7) is 6.78. The monoisotopic (exact) mass is 709 g/mol. The maximum absolute atomic E-state index is 13.7. The van der Waals surface area contributed by atoms with Crippen LogP contribution in [0.15, 0.2) is 89.0 Å². The number of aliphatic imine (C=N–C) groups is 1. The van der Waals surface area contributed by atoms with Crippen molar-refractivity contribution >= 4 is 33.9 Å². The Bertz CT molecular complexity index is 1680. The molecule has 1 heterocycles. The third-order valence-corrected chi connectivity index (χ3v) is 8.88. The Labute approximate surface area is 293 Å². The van der Waals surface area contributed by atoms with Crippen molar-refractivity contribution in [1.82, 2.24) is 25.7 Å². The Hall–Kier alpha value is -5.02. The molecule has 50 heavy (non-hydrogen) atoms. The van der Waals surface area contributed by atoms with Gasteiger partial charge >= 0.3 is 6.09 Å². The lowest BCUT2D eigenvalue weighted by atomic mass is 9.85. The minimum atomic E-state index is -3.95. The van der Waals surface area contributed by atoms with Crippen LogP contribution in [0.2, 0.25) is 0 Å². The summed E-state index contributed by atoms with van der Waals surface area (Å²) in [6, 6.07) is 16.2. The molecule has 0 bridgehead atoms. The van der Waals surface area contributed by atoms with Gasteiger partial charge in [0.15, 0.2) is 0 Å². The number of carbonyl (C=O) groups excluding carboxylic acids is 3. The van der Waals surface area contributed by atoms with E-state index in [4.69, 9.17) is 10.5 Å². The molecule has 3 atom stereocenters. The lowest BCUT2D eigenvalue weighted by Crippen LogP contribution is -2.59. The van der Waals surface area contributed by atoms with E-state index in [-0.39, 0.29) is 43.5 Å². The van der Waals surface area contributed by atoms with Crippen LogP contribution in [-0.4, -0.2) is 73.7 Å². The maximum Gasteiger partial charge on any atom is 0.408 e. The molecule has 1 aromatic heterocycles. The van der Waals surface area contributed by atoms with Crippen molar-refractivity contribution in [3.05, 3.63) is 95.8 Å². The molecule has 7 N–H and O–H groups in total. The Morgan fingerprint density at radius 1 is 0.940 bits per heavy atom. The third-order valence-electron chi connectivity index (χ3n) is 7.51. The standard InChI is InChI=1S/C35H47N7O7S/c1-24-14-16-28(17-15-24)50(47,48)42-33(36)38-19-9-13-29(40-34(46)49-23-26-12-8-18-37-21-26)31(44)41-30(35(2,3)4)32(45)39-27(22-43)20-25-10-6-5-7-11-25/h5-8,10-12,14-18,21,27,29-30,43H,9,13,19-20,22-23H2,1-4H3,(H,39,45)(H,40,46)(H,41,44)(H3,36,38,42)/t27-,29-,30+/m0/s1. The van der Waals surface area contributed by atoms with Crippen molar-refractivity contribution in [3.8, 4) is 0 Å². The summed E-state index contributed by atoms with van der Waals surface area (Å²) >= 11 is 0. The number of rotatable bonds is 16. The molecule has 2 aromatic carbocycles. The number of ether oxygens (including phenoxy) is 1. The fourth-order valence-electron chi connectivity index (χ4n) is 4.79. The second-order valence-corrected chi connectivity index (χ2v) is 14.5. The number of alkyl carbamates (subject to hydrolysis) is 1. The summed E-state index contributed by atoms with van der Waals surface area (Å²) in [5.74, 6) is -1.50. The molecule has 0 saturated carbocycles. The summed E-state index contributed by atoms with van der Waals surface area (Å²) in [4.78, 5) is 48.1. The molecule has 0 unspecified atom stereocenters. The van der Waals surface area contributed by atoms with Crippen LogP contribution in [-0.2, 0) is 37.4 Å². The van der Waals surface area contributed by atoms with E-state index in [1.54, 1.807) is 51.2 Å². The van der Waals surface area contributed by atoms with Crippen molar-refractivity contribution in [1.29, 1.82) is 0 Å². The van der Waals surface area contributed by atoms with E-state index in [9.17, 15) is 27.9 Å². The molecule has 3 rings (SSSR count). The molecule has 0 aliphatic carbocycles. The normalized spacial score (nSPS) is 13.7. The average Bonchev–Trinajstić information content (AvgIpc) is 3.07. The number of carbonyl (C=O) groups is 3. The van der Waals surface area contributed by atoms with Gasteiger partial charge in [-0.25, -0.2) is 17.9 Å². The first kappa shape index (κ1) is 39.4. The quantitative estimate of drug-likeness (QED) is 0.0730. The largest absolute Gasteiger partial charge is 0.445 e. The number of pyridine rings is 1. The number of nitrogens with two attached hydrogens (primary N) is 1. The van der Waals surface area contributed by atoms with Crippen LogP contribution in [0.1, 0.15) is 50.3 Å². The summed E-state index contributed by atoms with van der Waals surface area (Å²) in [5.41, 5.74) is 7.54. The van der Waals surface area contributed by atoms with E-state index in [1.807, 2.05) is 37.3 Å². The van der Waals surface area contributed by atoms with Gasteiger partial charge in [0.2, 0.25) is 17.8 Å². The van der Waals surface area contributed by atoms with E-state index < -0.39 is 51.5 Å². The van der Waals surface area contributed by atoms with Crippen LogP contribution in [0.25, 0.3) is 0 Å². The molecule has 0 radical (unpaired) electrons. The number of hydrogen-bond donors (Lipinski definition) is 6. The van der Waals surface area contributed by atoms with Gasteiger partial charge in [0.1, 0.15) is 18.7 Å². The fraction of sp³-hybridized carbons (Fsp3) is 0.400. The smallest absolute Gasteiger partial charge is 0.408 e. The lowest BCUT2D eigenvalue weighted by Gasteiger charge is -2.33. The van der Waals surface area contributed by atoms with Gasteiger partial charge in [-0.1, -0.05) is 74.9 Å². The van der Waals surface area contributed by atoms with Gasteiger partial charge in [0.25, 0.3) is 10.0 Å². The molecular formula is C35H47N7O7S. The number of guanidine groups is 1. The third kappa shape index (κ3) is 13.1. The zero-order valence-electron chi connectivity index (χ0n) is 28.8. The van der Waals surface area contributed by atoms with Gasteiger partial charge in [-0.2, -0.15) is 0 Å². The molecule has 0 aliphatic rings. The molecule has 0 saturated heterocycles. The number of amides is 3. The van der Waals surface area contributed by atoms with Crippen LogP contribution >= 0.6 is 0 Å². The SMILES string of the molecule is Cc1ccc(S(=O)(=O)NC(N)=NCCC[C@H](NC(=O)OCc2cccnc2)C(=O)N[C@H](C(=O)N[C@H](CO)Cc2ccccc2)C(C)(C)C)cc1. The van der Waals surface area contributed by atoms with Gasteiger partial charge in [-0.15, -0.1) is 0 Å². The summed E-state index contributed by atoms with van der Waals surface area (Å²) in [6.07, 6.45) is 2.87. The molecule has 0 spiro atoms. The van der Waals surface area contributed by atoms with Crippen LogP contribution in [0.4, 0.5) is 4.79 Å². The van der Waals surface area contributed by atoms with Crippen LogP contribution < -0.4 is 26.4 Å². The zero-order chi connectivity index (χ0) is 36.7. The molecule has 14 nitrogen and oxygen atoms in total. The lowest BCUT2D eigenvalue weighted by molar-refractivity contribution is -0.133. The van der Waals surface area contributed by atoms with E-state index in [0.717, 1.165) is 11.1 Å². The van der Waals surface area contributed by atoms with Crippen molar-refractivity contribution < 1.29 is 32.6 Å². The zero-order valence-corrected chi connectivity index (χ0v) is 29.6. The van der Waals surface area contributed by atoms with E-state index in [2.05, 4.69) is 30.6 Å². The number of nitrogens with zero attached hydrogens (tertiary/aromatic N) is 2. The topological polar surface area (TPSA) is 214 Å². The van der Waals surface area contributed by atoms with Gasteiger partial charge < -0.3 is 31.5 Å². The Kier molecular flexibility index (Phi) is 14.7. The predicted molar refractivity (Wildman–Crippen MR) is 189 cm³/mol. The Morgan fingerprint density at radius 2 is 1.62 bits per heavy atom. The van der Waals surface area contributed by atoms with E-state index >= 15 is 0 Å². The fourth-order valence-corrected chi connectivity index (χ4v) is 5.74. The summed E-state index contributed by atoms with van der Waals surface area (Å²) in [5, 5.41) is 18.2. The van der Waals surface area contributed by atoms with Crippen molar-refractivity contribution in [3.63, 3.8) is 0 Å². The van der Waals surface area contributed by atoms with Crippen molar-refractivity contribution in [2.45, 2.75) is 76.6 Å². The van der Waals surface area contributed by atoms with E-state index in [1.165, 1.54) is 18.3 Å². The number of sulfonamides is 1. The molecule has 3 amide bonds. The first-order valence-electron chi connectivity index (χ1n) is 16.1. The van der Waals surface area contributed by atoms with Gasteiger partial charge in [0.05, 0.1) is 17.5 Å². The Balaban J connectivity index is 1.69. The second-order valence-electron chi connectivity index (χ2n) is 12.8. The summed E-state index contributed by atoms with van der Waals surface area (Å²) in [7, 11) is -3.95. The van der Waals surface area contributed by atoms with Crippen LogP contribution in [0, 0.1) is 12.3 Å². The highest BCUT2D eigenvalue weighted by molar-refractivity contribution is 7.90. The molecular weight excluding hydrogens is 662 g/mol. The molecule has 0 aliphatic heterocycles. The number of aryl methyl sites for hydroxylation is 1. The number of aliphatic hydroxyl groups is 1. The average molecular weight is 710 g/mol. The highest BCUT2D eigenvalue weighted by Crippen LogP contribution is 2.20. The van der Waals surface area contributed by atoms with Gasteiger partial charge in [0, 0.05) is 24.5 Å². The molecule has 3 aromatic rings. The number of benzene rings is 2. The molecule has 0 fully saturated rings. The first-order valence-corrected chi connectivity index (χ1v) is 17.6. The maximum atomic E-state index is 13.7. The highest BCUT2D eigenvalue weighted by Gasteiger charge is 2.36. The predicted octanol–water partition coefficient (Wildman–Crippen LogP) is 2.31. The first-order chi connectivity index (χ1) is 23.7. The van der Waals surface area contributed by atoms with Crippen molar-refractivity contribution in [2.24, 2.45) is 16.1 Å². The number of aliphatic hydroxyl groups excluding tert-OH is 1. The van der Waals surface area contributed by atoms with Crippen LogP contribution in [0.3, 0.4) is 0 Å². The van der Waals surface area contributed by atoms with Crippen LogP contribution in [0.5, 0.6) is 0 Å². The molecule has 270 valence electrons. The number of aromatic nitrogens is 1. The van der Waals surface area contributed by atoms with Crippen molar-refractivity contribution in [2.75, 3.05) is 13.2 Å². The van der Waals surface area contributed by atoms with Gasteiger partial charge in [-0.05, 0) is 55.4 Å². The van der Waals surface area contributed by atoms with E-state index in [0.29, 0.717) is 12.0 Å². The van der Waals surface area contributed by atoms with Gasteiger partial charge in [-0.3, -0.25) is 19.6 Å². The minimum absolute atomic E-state index is 0.0132. The second kappa shape index (κ2) is 18.7. The number of nitrogens with one attached hydrogen (secondary N) is 4. The molecule has 15 heteroatoms. The number of hydrogen-bond acceptors (Lipinski definition) is 9. The summed E-state index contributed by atoms with van der Waals surface area (Å²) < 4.78 is 32.8. The Morgan fingerprint density at radius 3 is 2.24 bits per heavy atom. The highest BCUT2D eigenvalue weighted by atomic mass is 32.2. The minimum Gasteiger partial charge on any atom is -0.445 e.